The Kier molecular flexibility index (Phi) is 7.66. The molecule has 142 valence electrons. The summed E-state index contributed by atoms with van der Waals surface area (Å²) < 4.78 is 0. The Bertz CT molecular complexity index is 605. The third-order valence-electron chi connectivity index (χ3n) is 4.67. The molecule has 0 bridgehead atoms. The van der Waals surface area contributed by atoms with Crippen LogP contribution in [-0.2, 0) is 16.0 Å². The Morgan fingerprint density at radius 2 is 2.08 bits per heavy atom. The van der Waals surface area contributed by atoms with E-state index in [-0.39, 0.29) is 30.9 Å². The van der Waals surface area contributed by atoms with Crippen LogP contribution in [0.1, 0.15) is 25.3 Å². The van der Waals surface area contributed by atoms with Gasteiger partial charge in [-0.25, -0.2) is 5.01 Å². The Hall–Kier alpha value is -2.34. The number of likely N-dealkylation sites (N-methyl/N-ethyl adjacent to an activating group) is 1. The quantitative estimate of drug-likeness (QED) is 0.539. The van der Waals surface area contributed by atoms with E-state index in [1.165, 1.54) is 11.8 Å². The van der Waals surface area contributed by atoms with Crippen molar-refractivity contribution in [2.75, 3.05) is 33.2 Å². The molecule has 6 nitrogen and oxygen atoms in total. The van der Waals surface area contributed by atoms with Gasteiger partial charge < -0.3 is 15.2 Å². The Balaban J connectivity index is 1.75. The molecule has 6 heteroatoms. The molecule has 1 atom stereocenters. The topological polar surface area (TPSA) is 55.9 Å². The van der Waals surface area contributed by atoms with E-state index >= 15 is 0 Å². The van der Waals surface area contributed by atoms with Crippen LogP contribution in [0.3, 0.4) is 0 Å². The van der Waals surface area contributed by atoms with E-state index in [0.717, 1.165) is 25.8 Å². The SMILES string of the molecule is C=CNN(C)CC(=O)N1CC(=O)N(CCCCc2ccccc2)CC1C. The summed E-state index contributed by atoms with van der Waals surface area (Å²) >= 11 is 0. The summed E-state index contributed by atoms with van der Waals surface area (Å²) in [4.78, 5) is 28.4. The molecule has 0 aliphatic carbocycles. The van der Waals surface area contributed by atoms with Gasteiger partial charge in [0.15, 0.2) is 0 Å². The molecule has 0 saturated carbocycles. The number of benzene rings is 1. The number of amides is 2. The molecule has 0 aromatic heterocycles. The second kappa shape index (κ2) is 9.97. The minimum Gasteiger partial charge on any atom is -0.339 e. The van der Waals surface area contributed by atoms with Gasteiger partial charge in [0.2, 0.25) is 11.8 Å². The molecule has 26 heavy (non-hydrogen) atoms. The minimum absolute atomic E-state index is 0.0338. The predicted octanol–water partition coefficient (Wildman–Crippen LogP) is 1.65. The van der Waals surface area contributed by atoms with Crippen LogP contribution < -0.4 is 5.43 Å². The van der Waals surface area contributed by atoms with Crippen molar-refractivity contribution >= 4 is 11.8 Å². The molecule has 1 aliphatic rings. The Morgan fingerprint density at radius 1 is 1.35 bits per heavy atom. The molecule has 1 heterocycles. The maximum absolute atomic E-state index is 12.4. The average Bonchev–Trinajstić information content (AvgIpc) is 2.62. The predicted molar refractivity (Wildman–Crippen MR) is 103 cm³/mol. The summed E-state index contributed by atoms with van der Waals surface area (Å²) in [6, 6.07) is 10.4. The summed E-state index contributed by atoms with van der Waals surface area (Å²) in [6.45, 7) is 7.32. The molecule has 1 aliphatic heterocycles. The van der Waals surface area contributed by atoms with Crippen LogP contribution in [0.15, 0.2) is 43.1 Å². The van der Waals surface area contributed by atoms with Crippen molar-refractivity contribution in [3.8, 4) is 0 Å². The van der Waals surface area contributed by atoms with Crippen LogP contribution in [0.2, 0.25) is 0 Å². The van der Waals surface area contributed by atoms with Gasteiger partial charge in [-0.05, 0) is 31.7 Å². The van der Waals surface area contributed by atoms with Crippen molar-refractivity contribution in [1.29, 1.82) is 0 Å². The van der Waals surface area contributed by atoms with Crippen molar-refractivity contribution in [3.63, 3.8) is 0 Å². The van der Waals surface area contributed by atoms with Gasteiger partial charge in [-0.1, -0.05) is 36.9 Å². The van der Waals surface area contributed by atoms with Crippen LogP contribution in [0.25, 0.3) is 0 Å². The molecule has 1 unspecified atom stereocenters. The van der Waals surface area contributed by atoms with E-state index < -0.39 is 0 Å². The lowest BCUT2D eigenvalue weighted by Gasteiger charge is -2.40. The number of carbonyl (C=O) groups excluding carboxylic acids is 2. The van der Waals surface area contributed by atoms with Gasteiger partial charge in [0.25, 0.3) is 0 Å². The normalized spacial score (nSPS) is 17.5. The largest absolute Gasteiger partial charge is 0.339 e. The molecule has 2 rings (SSSR count). The summed E-state index contributed by atoms with van der Waals surface area (Å²) in [6.07, 6.45) is 4.59. The molecule has 1 fully saturated rings. The number of nitrogens with one attached hydrogen (secondary N) is 1. The second-order valence-electron chi connectivity index (χ2n) is 6.84. The highest BCUT2D eigenvalue weighted by Gasteiger charge is 2.32. The summed E-state index contributed by atoms with van der Waals surface area (Å²) in [5.41, 5.74) is 4.19. The highest BCUT2D eigenvalue weighted by atomic mass is 16.2. The smallest absolute Gasteiger partial charge is 0.242 e. The van der Waals surface area contributed by atoms with Crippen LogP contribution in [0.4, 0.5) is 0 Å². The standard InChI is InChI=1S/C20H30N4O2/c1-4-21-22(3)15-20(26)24-16-19(25)23(14-17(24)2)13-9-8-12-18-10-6-5-7-11-18/h4-7,10-11,17,21H,1,8-9,12-16H2,2-3H3. The van der Waals surface area contributed by atoms with Crippen molar-refractivity contribution in [3.05, 3.63) is 48.7 Å². The third kappa shape index (κ3) is 5.88. The number of rotatable bonds is 9. The second-order valence-corrected chi connectivity index (χ2v) is 6.84. The first kappa shape index (κ1) is 20.0. The number of piperazine rings is 1. The van der Waals surface area contributed by atoms with Crippen LogP contribution in [0.5, 0.6) is 0 Å². The number of aryl methyl sites for hydroxylation is 1. The van der Waals surface area contributed by atoms with E-state index in [1.54, 1.807) is 17.0 Å². The molecule has 2 amide bonds. The first-order chi connectivity index (χ1) is 12.5. The van der Waals surface area contributed by atoms with Gasteiger partial charge in [-0.3, -0.25) is 9.59 Å². The highest BCUT2D eigenvalue weighted by molar-refractivity contribution is 5.87. The van der Waals surface area contributed by atoms with Crippen molar-refractivity contribution < 1.29 is 9.59 Å². The number of carbonyl (C=O) groups is 2. The Morgan fingerprint density at radius 3 is 2.77 bits per heavy atom. The summed E-state index contributed by atoms with van der Waals surface area (Å²) in [7, 11) is 1.77. The maximum atomic E-state index is 12.4. The molecule has 1 aromatic rings. The zero-order chi connectivity index (χ0) is 18.9. The summed E-state index contributed by atoms with van der Waals surface area (Å²) in [5.74, 6) is -0.0121. The monoisotopic (exact) mass is 358 g/mol. The number of unbranched alkanes of at least 4 members (excludes halogenated alkanes) is 1. The van der Waals surface area contributed by atoms with Crippen molar-refractivity contribution in [2.24, 2.45) is 0 Å². The zero-order valence-corrected chi connectivity index (χ0v) is 15.9. The lowest BCUT2D eigenvalue weighted by molar-refractivity contribution is -0.149. The number of nitrogens with zero attached hydrogens (tertiary/aromatic N) is 3. The molecule has 1 aromatic carbocycles. The van der Waals surface area contributed by atoms with Crippen LogP contribution in [0, 0.1) is 0 Å². The lowest BCUT2D eigenvalue weighted by atomic mass is 10.1. The number of hydrogen-bond acceptors (Lipinski definition) is 4. The lowest BCUT2D eigenvalue weighted by Crippen LogP contribution is -2.58. The average molecular weight is 358 g/mol. The minimum atomic E-state index is -0.0496. The first-order valence-corrected chi connectivity index (χ1v) is 9.20. The fourth-order valence-corrected chi connectivity index (χ4v) is 3.24. The van der Waals surface area contributed by atoms with E-state index in [2.05, 4.69) is 36.3 Å². The van der Waals surface area contributed by atoms with E-state index in [1.807, 2.05) is 17.9 Å². The molecule has 0 radical (unpaired) electrons. The first-order valence-electron chi connectivity index (χ1n) is 9.20. The maximum Gasteiger partial charge on any atom is 0.242 e. The van der Waals surface area contributed by atoms with Crippen molar-refractivity contribution in [1.82, 2.24) is 20.2 Å². The van der Waals surface area contributed by atoms with Gasteiger partial charge in [-0.15, -0.1) is 0 Å². The van der Waals surface area contributed by atoms with Crippen LogP contribution >= 0.6 is 0 Å². The number of hydrazine groups is 1. The molecule has 0 spiro atoms. The third-order valence-corrected chi connectivity index (χ3v) is 4.67. The van der Waals surface area contributed by atoms with Gasteiger partial charge in [0.05, 0.1) is 6.54 Å². The van der Waals surface area contributed by atoms with Gasteiger partial charge >= 0.3 is 0 Å². The van der Waals surface area contributed by atoms with E-state index in [0.29, 0.717) is 6.54 Å². The van der Waals surface area contributed by atoms with Gasteiger partial charge in [0, 0.05) is 32.4 Å². The van der Waals surface area contributed by atoms with Crippen LogP contribution in [-0.4, -0.2) is 65.9 Å². The number of hydrogen-bond donors (Lipinski definition) is 1. The van der Waals surface area contributed by atoms with Gasteiger partial charge in [-0.2, -0.15) is 0 Å². The fraction of sp³-hybridized carbons (Fsp3) is 0.500. The fourth-order valence-electron chi connectivity index (χ4n) is 3.24. The molecular weight excluding hydrogens is 328 g/mol. The van der Waals surface area contributed by atoms with E-state index in [4.69, 9.17) is 0 Å². The summed E-state index contributed by atoms with van der Waals surface area (Å²) in [5, 5.41) is 1.66. The molecular formula is C20H30N4O2. The van der Waals surface area contributed by atoms with Gasteiger partial charge in [0.1, 0.15) is 6.54 Å². The zero-order valence-electron chi connectivity index (χ0n) is 15.9. The Labute approximate surface area is 156 Å². The van der Waals surface area contributed by atoms with E-state index in [9.17, 15) is 9.59 Å². The highest BCUT2D eigenvalue weighted by Crippen LogP contribution is 2.13. The molecule has 1 saturated heterocycles. The van der Waals surface area contributed by atoms with Crippen molar-refractivity contribution in [2.45, 2.75) is 32.2 Å². The molecule has 1 N–H and O–H groups in total.